The van der Waals surface area contributed by atoms with Crippen LogP contribution in [0.2, 0.25) is 0 Å². The maximum atomic E-state index is 5.46. The molecule has 0 bridgehead atoms. The van der Waals surface area contributed by atoms with Gasteiger partial charge in [-0.25, -0.2) is 0 Å². The van der Waals surface area contributed by atoms with Crippen LogP contribution in [0.1, 0.15) is 20.3 Å². The molecule has 0 rings (SSSR count). The van der Waals surface area contributed by atoms with Gasteiger partial charge >= 0.3 is 0 Å². The quantitative estimate of drug-likeness (QED) is 0.390. The molecule has 0 aliphatic rings. The van der Waals surface area contributed by atoms with Gasteiger partial charge in [0, 0.05) is 7.11 Å². The van der Waals surface area contributed by atoms with Crippen molar-refractivity contribution in [3.63, 3.8) is 0 Å². The summed E-state index contributed by atoms with van der Waals surface area (Å²) >= 11 is 0. The highest BCUT2D eigenvalue weighted by Gasteiger charge is 1.97. The lowest BCUT2D eigenvalue weighted by Gasteiger charge is -2.09. The van der Waals surface area contributed by atoms with E-state index in [1.165, 1.54) is 11.8 Å². The molecule has 0 heterocycles. The monoisotopic (exact) mass is 185 g/mol. The topological polar surface area (TPSA) is 44.5 Å². The standard InChI is InChI=1S/C10H19NO2/c1-4-9(2)10(5-6-11)13-8-7-12-3/h5-6H,4,7-8,11H2,1-3H3/b6-5-,10-9-. The first-order valence-corrected chi connectivity index (χ1v) is 4.46. The minimum absolute atomic E-state index is 0.563. The summed E-state index contributed by atoms with van der Waals surface area (Å²) in [5.74, 6) is 0.849. The summed E-state index contributed by atoms with van der Waals surface area (Å²) in [5, 5.41) is 0. The van der Waals surface area contributed by atoms with E-state index >= 15 is 0 Å². The first kappa shape index (κ1) is 12.0. The Morgan fingerprint density at radius 3 is 2.54 bits per heavy atom. The third-order valence-electron chi connectivity index (χ3n) is 1.74. The smallest absolute Gasteiger partial charge is 0.119 e. The van der Waals surface area contributed by atoms with Crippen molar-refractivity contribution in [2.75, 3.05) is 20.3 Å². The zero-order valence-corrected chi connectivity index (χ0v) is 8.67. The first-order chi connectivity index (χ1) is 6.26. The molecule has 0 aromatic rings. The second-order valence-electron chi connectivity index (χ2n) is 2.70. The average molecular weight is 185 g/mol. The molecule has 3 heteroatoms. The molecule has 76 valence electrons. The Balaban J connectivity index is 4.10. The third kappa shape index (κ3) is 5.31. The van der Waals surface area contributed by atoms with Gasteiger partial charge in [-0.2, -0.15) is 0 Å². The Hall–Kier alpha value is -0.960. The number of ether oxygens (including phenoxy) is 2. The summed E-state index contributed by atoms with van der Waals surface area (Å²) < 4.78 is 10.3. The predicted molar refractivity (Wildman–Crippen MR) is 54.1 cm³/mol. The van der Waals surface area contributed by atoms with Crippen LogP contribution < -0.4 is 5.73 Å². The van der Waals surface area contributed by atoms with E-state index in [1.54, 1.807) is 13.2 Å². The lowest BCUT2D eigenvalue weighted by Crippen LogP contribution is -2.02. The van der Waals surface area contributed by atoms with Gasteiger partial charge in [-0.05, 0) is 31.2 Å². The second kappa shape index (κ2) is 7.68. The maximum Gasteiger partial charge on any atom is 0.119 e. The van der Waals surface area contributed by atoms with Crippen LogP contribution in [0.15, 0.2) is 23.6 Å². The van der Waals surface area contributed by atoms with Crippen molar-refractivity contribution in [2.24, 2.45) is 5.73 Å². The molecule has 0 saturated carbocycles. The number of rotatable bonds is 6. The molecule has 0 aromatic heterocycles. The van der Waals surface area contributed by atoms with Crippen LogP contribution in [0, 0.1) is 0 Å². The largest absolute Gasteiger partial charge is 0.491 e. The van der Waals surface area contributed by atoms with Gasteiger partial charge < -0.3 is 15.2 Å². The molecule has 2 N–H and O–H groups in total. The van der Waals surface area contributed by atoms with Crippen molar-refractivity contribution in [1.82, 2.24) is 0 Å². The van der Waals surface area contributed by atoms with Crippen molar-refractivity contribution < 1.29 is 9.47 Å². The highest BCUT2D eigenvalue weighted by atomic mass is 16.5. The van der Waals surface area contributed by atoms with Gasteiger partial charge in [-0.15, -0.1) is 0 Å². The normalized spacial score (nSPS) is 13.2. The fourth-order valence-electron chi connectivity index (χ4n) is 0.810. The van der Waals surface area contributed by atoms with Gasteiger partial charge in [0.05, 0.1) is 6.61 Å². The molecular formula is C10H19NO2. The van der Waals surface area contributed by atoms with Gasteiger partial charge in [0.25, 0.3) is 0 Å². The Morgan fingerprint density at radius 1 is 1.38 bits per heavy atom. The van der Waals surface area contributed by atoms with Gasteiger partial charge in [0.1, 0.15) is 12.4 Å². The van der Waals surface area contributed by atoms with Crippen LogP contribution in [0.5, 0.6) is 0 Å². The van der Waals surface area contributed by atoms with Crippen LogP contribution in [-0.4, -0.2) is 20.3 Å². The molecule has 0 spiro atoms. The van der Waals surface area contributed by atoms with Crippen molar-refractivity contribution in [1.29, 1.82) is 0 Å². The number of hydrogen-bond acceptors (Lipinski definition) is 3. The van der Waals surface area contributed by atoms with Crippen LogP contribution in [0.25, 0.3) is 0 Å². The number of nitrogens with two attached hydrogens (primary N) is 1. The number of allylic oxidation sites excluding steroid dienone is 2. The van der Waals surface area contributed by atoms with E-state index in [2.05, 4.69) is 6.92 Å². The highest BCUT2D eigenvalue weighted by molar-refractivity contribution is 5.17. The minimum atomic E-state index is 0.563. The van der Waals surface area contributed by atoms with Crippen LogP contribution >= 0.6 is 0 Å². The fraction of sp³-hybridized carbons (Fsp3) is 0.600. The van der Waals surface area contributed by atoms with Crippen molar-refractivity contribution in [2.45, 2.75) is 20.3 Å². The summed E-state index contributed by atoms with van der Waals surface area (Å²) in [7, 11) is 1.65. The first-order valence-electron chi connectivity index (χ1n) is 4.46. The van der Waals surface area contributed by atoms with Crippen LogP contribution in [-0.2, 0) is 9.47 Å². The maximum absolute atomic E-state index is 5.46. The van der Waals surface area contributed by atoms with E-state index in [0.29, 0.717) is 13.2 Å². The SMILES string of the molecule is CC/C(C)=C(/C=C\N)OCCOC. The Morgan fingerprint density at radius 2 is 2.08 bits per heavy atom. The van der Waals surface area contributed by atoms with Gasteiger partial charge in [-0.1, -0.05) is 6.92 Å². The fourth-order valence-corrected chi connectivity index (χ4v) is 0.810. The molecule has 0 fully saturated rings. The molecule has 0 radical (unpaired) electrons. The van der Waals surface area contributed by atoms with E-state index in [-0.39, 0.29) is 0 Å². The third-order valence-corrected chi connectivity index (χ3v) is 1.74. The molecule has 0 aliphatic carbocycles. The molecule has 0 aromatic carbocycles. The number of hydrogen-bond donors (Lipinski definition) is 1. The summed E-state index contributed by atoms with van der Waals surface area (Å²) in [6.07, 6.45) is 4.22. The van der Waals surface area contributed by atoms with Gasteiger partial charge in [0.2, 0.25) is 0 Å². The molecular weight excluding hydrogens is 166 g/mol. The van der Waals surface area contributed by atoms with E-state index in [0.717, 1.165) is 12.2 Å². The molecule has 3 nitrogen and oxygen atoms in total. The Kier molecular flexibility index (Phi) is 7.11. The van der Waals surface area contributed by atoms with E-state index in [1.807, 2.05) is 6.92 Å². The summed E-state index contributed by atoms with van der Waals surface area (Å²) in [4.78, 5) is 0. The summed E-state index contributed by atoms with van der Waals surface area (Å²) in [6, 6.07) is 0. The Bertz CT molecular complexity index is 185. The summed E-state index contributed by atoms with van der Waals surface area (Å²) in [6.45, 7) is 5.27. The van der Waals surface area contributed by atoms with Gasteiger partial charge in [-0.3, -0.25) is 0 Å². The predicted octanol–water partition coefficient (Wildman–Crippen LogP) is 1.81. The van der Waals surface area contributed by atoms with Crippen molar-refractivity contribution in [3.05, 3.63) is 23.6 Å². The number of methoxy groups -OCH3 is 1. The molecule has 0 aliphatic heterocycles. The molecule has 0 atom stereocenters. The molecule has 0 amide bonds. The molecule has 0 saturated heterocycles. The van der Waals surface area contributed by atoms with E-state index < -0.39 is 0 Å². The van der Waals surface area contributed by atoms with Gasteiger partial charge in [0.15, 0.2) is 0 Å². The highest BCUT2D eigenvalue weighted by Crippen LogP contribution is 2.10. The van der Waals surface area contributed by atoms with E-state index in [4.69, 9.17) is 15.2 Å². The zero-order chi connectivity index (χ0) is 10.1. The molecule has 0 unspecified atom stereocenters. The minimum Gasteiger partial charge on any atom is -0.491 e. The van der Waals surface area contributed by atoms with Crippen molar-refractivity contribution >= 4 is 0 Å². The molecule has 13 heavy (non-hydrogen) atoms. The second-order valence-corrected chi connectivity index (χ2v) is 2.70. The van der Waals surface area contributed by atoms with E-state index in [9.17, 15) is 0 Å². The zero-order valence-electron chi connectivity index (χ0n) is 8.67. The lowest BCUT2D eigenvalue weighted by molar-refractivity contribution is 0.113. The van der Waals surface area contributed by atoms with Crippen molar-refractivity contribution in [3.8, 4) is 0 Å². The van der Waals surface area contributed by atoms with Crippen LogP contribution in [0.4, 0.5) is 0 Å². The van der Waals surface area contributed by atoms with Crippen LogP contribution in [0.3, 0.4) is 0 Å². The average Bonchev–Trinajstić information content (AvgIpc) is 2.16. The lowest BCUT2D eigenvalue weighted by atomic mass is 10.2. The summed E-state index contributed by atoms with van der Waals surface area (Å²) in [5.41, 5.74) is 6.49. The Labute approximate surface area is 80.2 Å².